The van der Waals surface area contributed by atoms with Gasteiger partial charge in [-0.15, -0.1) is 0 Å². The monoisotopic (exact) mass is 308 g/mol. The Morgan fingerprint density at radius 3 is 2.82 bits per heavy atom. The van der Waals surface area contributed by atoms with Gasteiger partial charge < -0.3 is 20.3 Å². The van der Waals surface area contributed by atoms with Crippen LogP contribution in [0.4, 0.5) is 16.2 Å². The van der Waals surface area contributed by atoms with E-state index in [1.54, 1.807) is 4.90 Å². The Hall–Kier alpha value is -1.79. The molecule has 1 aromatic rings. The zero-order chi connectivity index (χ0) is 16.3. The number of aliphatic hydroxyl groups excluding tert-OH is 2. The fourth-order valence-electron chi connectivity index (χ4n) is 2.40. The highest BCUT2D eigenvalue weighted by molar-refractivity contribution is 5.92. The molecule has 1 atom stereocenters. The maximum atomic E-state index is 12.3. The predicted octanol–water partition coefficient (Wildman–Crippen LogP) is 1.75. The molecule has 122 valence electrons. The summed E-state index contributed by atoms with van der Waals surface area (Å²) in [4.78, 5) is 13.9. The van der Waals surface area contributed by atoms with Crippen LogP contribution in [0, 0.1) is 0 Å². The highest BCUT2D eigenvalue weighted by Crippen LogP contribution is 2.34. The van der Waals surface area contributed by atoms with Gasteiger partial charge in [0, 0.05) is 24.3 Å². The normalized spacial score (nSPS) is 15.4. The molecule has 1 unspecified atom stereocenters. The smallest absolute Gasteiger partial charge is 0.414 e. The van der Waals surface area contributed by atoms with Crippen LogP contribution in [0.15, 0.2) is 18.2 Å². The number of carbonyl (C=O) groups is 1. The third-order valence-corrected chi connectivity index (χ3v) is 3.38. The quantitative estimate of drug-likeness (QED) is 0.789. The molecule has 22 heavy (non-hydrogen) atoms. The largest absolute Gasteiger partial charge is 0.443 e. The van der Waals surface area contributed by atoms with E-state index in [0.717, 1.165) is 23.4 Å². The second-order valence-corrected chi connectivity index (χ2v) is 6.40. The minimum absolute atomic E-state index is 0.263. The van der Waals surface area contributed by atoms with Crippen molar-refractivity contribution in [1.82, 2.24) is 0 Å². The van der Waals surface area contributed by atoms with Crippen LogP contribution in [0.2, 0.25) is 0 Å². The number of nitrogens with one attached hydrogen (secondary N) is 1. The summed E-state index contributed by atoms with van der Waals surface area (Å²) in [5.74, 6) is 0. The molecule has 0 spiro atoms. The van der Waals surface area contributed by atoms with Gasteiger partial charge in [-0.05, 0) is 39.3 Å². The molecular weight excluding hydrogens is 284 g/mol. The third kappa shape index (κ3) is 3.90. The minimum atomic E-state index is -0.806. The SMILES string of the molecule is CC(C)(C)OC(=O)N1CCc2c(NCC(O)CO)cccc21. The van der Waals surface area contributed by atoms with Crippen LogP contribution in [0.3, 0.4) is 0 Å². The lowest BCUT2D eigenvalue weighted by Gasteiger charge is -2.25. The maximum absolute atomic E-state index is 12.3. The molecular formula is C16H24N2O4. The number of hydrogen-bond donors (Lipinski definition) is 3. The second-order valence-electron chi connectivity index (χ2n) is 6.40. The van der Waals surface area contributed by atoms with Crippen LogP contribution in [0.25, 0.3) is 0 Å². The van der Waals surface area contributed by atoms with Gasteiger partial charge in [-0.1, -0.05) is 6.07 Å². The highest BCUT2D eigenvalue weighted by atomic mass is 16.6. The van der Waals surface area contributed by atoms with Crippen LogP contribution in [0.1, 0.15) is 26.3 Å². The number of amides is 1. The summed E-state index contributed by atoms with van der Waals surface area (Å²) in [5, 5.41) is 21.4. The van der Waals surface area contributed by atoms with Gasteiger partial charge >= 0.3 is 6.09 Å². The van der Waals surface area contributed by atoms with Crippen molar-refractivity contribution in [3.05, 3.63) is 23.8 Å². The molecule has 1 aliphatic heterocycles. The maximum Gasteiger partial charge on any atom is 0.414 e. The van der Waals surface area contributed by atoms with E-state index in [4.69, 9.17) is 9.84 Å². The van der Waals surface area contributed by atoms with Crippen LogP contribution in [0.5, 0.6) is 0 Å². The molecule has 0 fully saturated rings. The van der Waals surface area contributed by atoms with Crippen molar-refractivity contribution < 1.29 is 19.7 Å². The third-order valence-electron chi connectivity index (χ3n) is 3.38. The molecule has 0 aromatic heterocycles. The van der Waals surface area contributed by atoms with E-state index in [9.17, 15) is 9.90 Å². The molecule has 1 aromatic carbocycles. The van der Waals surface area contributed by atoms with Crippen molar-refractivity contribution in [3.8, 4) is 0 Å². The molecule has 6 heteroatoms. The van der Waals surface area contributed by atoms with Gasteiger partial charge in [-0.25, -0.2) is 4.79 Å². The van der Waals surface area contributed by atoms with Crippen molar-refractivity contribution >= 4 is 17.5 Å². The molecule has 6 nitrogen and oxygen atoms in total. The number of aliphatic hydroxyl groups is 2. The summed E-state index contributed by atoms with van der Waals surface area (Å²) in [6.07, 6.45) is -0.425. The average molecular weight is 308 g/mol. The number of rotatable bonds is 4. The van der Waals surface area contributed by atoms with Gasteiger partial charge in [0.2, 0.25) is 0 Å². The van der Waals surface area contributed by atoms with Gasteiger partial charge in [0.25, 0.3) is 0 Å². The Balaban J connectivity index is 2.14. The fraction of sp³-hybridized carbons (Fsp3) is 0.562. The number of hydrogen-bond acceptors (Lipinski definition) is 5. The van der Waals surface area contributed by atoms with Crippen molar-refractivity contribution in [3.63, 3.8) is 0 Å². The zero-order valence-corrected chi connectivity index (χ0v) is 13.3. The fourth-order valence-corrected chi connectivity index (χ4v) is 2.40. The number of nitrogens with zero attached hydrogens (tertiary/aromatic N) is 1. The molecule has 2 rings (SSSR count). The molecule has 0 bridgehead atoms. The first-order valence-electron chi connectivity index (χ1n) is 7.47. The second kappa shape index (κ2) is 6.54. The Labute approximate surface area is 130 Å². The lowest BCUT2D eigenvalue weighted by atomic mass is 10.1. The summed E-state index contributed by atoms with van der Waals surface area (Å²) < 4.78 is 5.43. The highest BCUT2D eigenvalue weighted by Gasteiger charge is 2.30. The van der Waals surface area contributed by atoms with Crippen LogP contribution >= 0.6 is 0 Å². The van der Waals surface area contributed by atoms with Gasteiger partial charge in [-0.2, -0.15) is 0 Å². The van der Waals surface area contributed by atoms with E-state index in [2.05, 4.69) is 5.32 Å². The van der Waals surface area contributed by atoms with Crippen molar-refractivity contribution in [2.45, 2.75) is 38.9 Å². The van der Waals surface area contributed by atoms with Crippen molar-refractivity contribution in [1.29, 1.82) is 0 Å². The summed E-state index contributed by atoms with van der Waals surface area (Å²) in [5.41, 5.74) is 2.20. The first-order valence-corrected chi connectivity index (χ1v) is 7.47. The molecule has 0 saturated heterocycles. The zero-order valence-electron chi connectivity index (χ0n) is 13.3. The standard InChI is InChI=1S/C16H24N2O4/c1-16(2,3)22-15(21)18-8-7-12-13(5-4-6-14(12)18)17-9-11(20)10-19/h4-6,11,17,19-20H,7-10H2,1-3H3. The van der Waals surface area contributed by atoms with Gasteiger partial charge in [-0.3, -0.25) is 4.90 Å². The van der Waals surface area contributed by atoms with Crippen LogP contribution < -0.4 is 10.2 Å². The Morgan fingerprint density at radius 2 is 2.18 bits per heavy atom. The molecule has 3 N–H and O–H groups in total. The number of carbonyl (C=O) groups excluding carboxylic acids is 1. The van der Waals surface area contributed by atoms with E-state index < -0.39 is 11.7 Å². The van der Waals surface area contributed by atoms with E-state index in [1.807, 2.05) is 39.0 Å². The summed E-state index contributed by atoms with van der Waals surface area (Å²) in [7, 11) is 0. The molecule has 1 heterocycles. The first kappa shape index (κ1) is 16.6. The van der Waals surface area contributed by atoms with Crippen molar-refractivity contribution in [2.75, 3.05) is 29.9 Å². The topological polar surface area (TPSA) is 82.0 Å². The number of fused-ring (bicyclic) bond motifs is 1. The van der Waals surface area contributed by atoms with Gasteiger partial charge in [0.15, 0.2) is 0 Å². The average Bonchev–Trinajstić information content (AvgIpc) is 2.87. The molecule has 1 amide bonds. The Kier molecular flexibility index (Phi) is 4.93. The van der Waals surface area contributed by atoms with Gasteiger partial charge in [0.1, 0.15) is 5.60 Å². The summed E-state index contributed by atoms with van der Waals surface area (Å²) in [6.45, 7) is 6.08. The van der Waals surface area contributed by atoms with E-state index in [-0.39, 0.29) is 19.2 Å². The number of ether oxygens (including phenoxy) is 1. The Bertz CT molecular complexity index is 539. The predicted molar refractivity (Wildman–Crippen MR) is 85.3 cm³/mol. The summed E-state index contributed by atoms with van der Waals surface area (Å²) >= 11 is 0. The van der Waals surface area contributed by atoms with Crippen LogP contribution in [-0.2, 0) is 11.2 Å². The van der Waals surface area contributed by atoms with E-state index in [1.165, 1.54) is 0 Å². The van der Waals surface area contributed by atoms with E-state index in [0.29, 0.717) is 6.54 Å². The Morgan fingerprint density at radius 1 is 1.45 bits per heavy atom. The first-order chi connectivity index (χ1) is 10.3. The van der Waals surface area contributed by atoms with Gasteiger partial charge in [0.05, 0.1) is 18.4 Å². The lowest BCUT2D eigenvalue weighted by molar-refractivity contribution is 0.0584. The van der Waals surface area contributed by atoms with E-state index >= 15 is 0 Å². The number of benzene rings is 1. The molecule has 0 aliphatic carbocycles. The van der Waals surface area contributed by atoms with Crippen molar-refractivity contribution in [2.24, 2.45) is 0 Å². The summed E-state index contributed by atoms with van der Waals surface area (Å²) in [6, 6.07) is 5.65. The molecule has 1 aliphatic rings. The van der Waals surface area contributed by atoms with Crippen LogP contribution in [-0.4, -0.2) is 47.7 Å². The number of anilines is 2. The lowest BCUT2D eigenvalue weighted by Crippen LogP contribution is -2.35. The minimum Gasteiger partial charge on any atom is -0.443 e. The molecule has 0 radical (unpaired) electrons. The molecule has 0 saturated carbocycles.